The van der Waals surface area contributed by atoms with Crippen LogP contribution in [0, 0.1) is 17.4 Å². The second kappa shape index (κ2) is 9.04. The number of nitrogens with zero attached hydrogens (tertiary/aromatic N) is 1. The Labute approximate surface area is 174 Å². The highest BCUT2D eigenvalue weighted by Gasteiger charge is 2.11. The molecule has 0 spiro atoms. The smallest absolute Gasteiger partial charge is 0.174 e. The van der Waals surface area contributed by atoms with Gasteiger partial charge in [-0.05, 0) is 71.8 Å². The fourth-order valence-electron chi connectivity index (χ4n) is 2.57. The highest BCUT2D eigenvalue weighted by molar-refractivity contribution is 14.1. The third-order valence-corrected chi connectivity index (χ3v) is 4.95. The Morgan fingerprint density at radius 3 is 2.19 bits per heavy atom. The normalized spacial score (nSPS) is 11.0. The van der Waals surface area contributed by atoms with Gasteiger partial charge in [0.2, 0.25) is 0 Å². The third kappa shape index (κ3) is 5.32. The number of halogens is 1. The summed E-state index contributed by atoms with van der Waals surface area (Å²) in [5.41, 5.74) is 5.49. The number of methoxy groups -OCH3 is 1. The summed E-state index contributed by atoms with van der Waals surface area (Å²) < 4.78 is 12.6. The average molecular weight is 471 g/mol. The van der Waals surface area contributed by atoms with Crippen molar-refractivity contribution in [3.8, 4) is 11.5 Å². The lowest BCUT2D eigenvalue weighted by Crippen LogP contribution is -2.00. The van der Waals surface area contributed by atoms with Gasteiger partial charge in [-0.3, -0.25) is 4.99 Å². The molecule has 0 saturated carbocycles. The number of aryl methyl sites for hydroxylation is 2. The molecule has 0 radical (unpaired) electrons. The molecule has 0 aliphatic heterocycles. The summed E-state index contributed by atoms with van der Waals surface area (Å²) in [5, 5.41) is 0. The Balaban J connectivity index is 1.77. The molecule has 0 aliphatic carbocycles. The quantitative estimate of drug-likeness (QED) is 0.315. The van der Waals surface area contributed by atoms with E-state index in [0.29, 0.717) is 12.4 Å². The van der Waals surface area contributed by atoms with Crippen LogP contribution >= 0.6 is 22.6 Å². The molecule has 0 fully saturated rings. The van der Waals surface area contributed by atoms with Crippen molar-refractivity contribution >= 4 is 34.5 Å². The first-order chi connectivity index (χ1) is 13.0. The molecule has 3 nitrogen and oxygen atoms in total. The van der Waals surface area contributed by atoms with E-state index in [1.165, 1.54) is 11.1 Å². The van der Waals surface area contributed by atoms with Gasteiger partial charge in [0.1, 0.15) is 6.61 Å². The summed E-state index contributed by atoms with van der Waals surface area (Å²) in [5.74, 6) is 1.46. The highest BCUT2D eigenvalue weighted by atomic mass is 127. The molecular weight excluding hydrogens is 449 g/mol. The van der Waals surface area contributed by atoms with E-state index in [4.69, 9.17) is 9.47 Å². The lowest BCUT2D eigenvalue weighted by molar-refractivity contribution is 0.282. The fraction of sp³-hybridized carbons (Fsp3) is 0.174. The lowest BCUT2D eigenvalue weighted by atomic mass is 10.1. The molecule has 0 amide bonds. The van der Waals surface area contributed by atoms with Crippen molar-refractivity contribution in [3.63, 3.8) is 0 Å². The molecule has 3 aromatic rings. The standard InChI is InChI=1S/C23H22INO2/c1-16-4-8-18(9-5-16)15-27-23-21(24)12-19(13-22(23)26-3)14-25-20-10-6-17(2)7-11-20/h4-14H,15H2,1-3H3. The van der Waals surface area contributed by atoms with Gasteiger partial charge in [-0.1, -0.05) is 47.5 Å². The maximum atomic E-state index is 6.04. The Hall–Kier alpha value is -2.34. The molecule has 3 rings (SSSR count). The van der Waals surface area contributed by atoms with Crippen molar-refractivity contribution in [1.82, 2.24) is 0 Å². The maximum Gasteiger partial charge on any atom is 0.174 e. The zero-order valence-electron chi connectivity index (χ0n) is 15.7. The summed E-state index contributed by atoms with van der Waals surface area (Å²) in [4.78, 5) is 4.54. The van der Waals surface area contributed by atoms with Gasteiger partial charge in [-0.15, -0.1) is 0 Å². The Morgan fingerprint density at radius 1 is 0.926 bits per heavy atom. The van der Waals surface area contributed by atoms with Gasteiger partial charge in [0.05, 0.1) is 16.4 Å². The molecule has 0 atom stereocenters. The van der Waals surface area contributed by atoms with Gasteiger partial charge in [0, 0.05) is 6.21 Å². The van der Waals surface area contributed by atoms with Crippen molar-refractivity contribution in [3.05, 3.63) is 86.5 Å². The largest absolute Gasteiger partial charge is 0.493 e. The van der Waals surface area contributed by atoms with Gasteiger partial charge in [-0.25, -0.2) is 0 Å². The molecule has 27 heavy (non-hydrogen) atoms. The van der Waals surface area contributed by atoms with Crippen LogP contribution in [0.3, 0.4) is 0 Å². The van der Waals surface area contributed by atoms with Crippen molar-refractivity contribution in [2.75, 3.05) is 7.11 Å². The number of hydrogen-bond donors (Lipinski definition) is 0. The van der Waals surface area contributed by atoms with E-state index in [2.05, 4.69) is 77.8 Å². The highest BCUT2D eigenvalue weighted by Crippen LogP contribution is 2.34. The molecule has 0 aliphatic rings. The number of benzene rings is 3. The van der Waals surface area contributed by atoms with E-state index in [1.807, 2.05) is 30.5 Å². The predicted octanol–water partition coefficient (Wildman–Crippen LogP) is 6.25. The van der Waals surface area contributed by atoms with E-state index in [9.17, 15) is 0 Å². The van der Waals surface area contributed by atoms with Gasteiger partial charge in [0.15, 0.2) is 11.5 Å². The minimum absolute atomic E-state index is 0.503. The van der Waals surface area contributed by atoms with Crippen LogP contribution in [0.2, 0.25) is 0 Å². The third-order valence-electron chi connectivity index (χ3n) is 4.15. The van der Waals surface area contributed by atoms with Crippen LogP contribution < -0.4 is 9.47 Å². The van der Waals surface area contributed by atoms with Crippen LogP contribution in [0.4, 0.5) is 5.69 Å². The Kier molecular flexibility index (Phi) is 6.50. The van der Waals surface area contributed by atoms with Crippen molar-refractivity contribution in [1.29, 1.82) is 0 Å². The number of rotatable bonds is 6. The first-order valence-electron chi connectivity index (χ1n) is 8.72. The Morgan fingerprint density at radius 2 is 1.56 bits per heavy atom. The van der Waals surface area contributed by atoms with Crippen LogP contribution in [0.1, 0.15) is 22.3 Å². The first-order valence-corrected chi connectivity index (χ1v) is 9.79. The van der Waals surface area contributed by atoms with Crippen molar-refractivity contribution in [2.45, 2.75) is 20.5 Å². The van der Waals surface area contributed by atoms with Crippen LogP contribution in [0.5, 0.6) is 11.5 Å². The number of ether oxygens (including phenoxy) is 2. The summed E-state index contributed by atoms with van der Waals surface area (Å²) in [6.07, 6.45) is 1.85. The molecule has 0 saturated heterocycles. The summed E-state index contributed by atoms with van der Waals surface area (Å²) >= 11 is 2.28. The lowest BCUT2D eigenvalue weighted by Gasteiger charge is -2.13. The minimum atomic E-state index is 0.503. The average Bonchev–Trinajstić information content (AvgIpc) is 2.67. The van der Waals surface area contributed by atoms with Gasteiger partial charge < -0.3 is 9.47 Å². The van der Waals surface area contributed by atoms with Crippen LogP contribution in [0.25, 0.3) is 0 Å². The zero-order valence-corrected chi connectivity index (χ0v) is 17.9. The summed E-state index contributed by atoms with van der Waals surface area (Å²) in [7, 11) is 1.66. The van der Waals surface area contributed by atoms with Crippen LogP contribution in [-0.2, 0) is 6.61 Å². The molecule has 0 N–H and O–H groups in total. The second-order valence-corrected chi connectivity index (χ2v) is 7.56. The summed E-state index contributed by atoms with van der Waals surface area (Å²) in [6, 6.07) is 20.5. The molecule has 0 unspecified atom stereocenters. The molecule has 3 aromatic carbocycles. The monoisotopic (exact) mass is 471 g/mol. The number of aliphatic imine (C=N–C) groups is 1. The van der Waals surface area contributed by atoms with Gasteiger partial charge in [-0.2, -0.15) is 0 Å². The SMILES string of the molecule is COc1cc(C=Nc2ccc(C)cc2)cc(I)c1OCc1ccc(C)cc1. The molecule has 4 heteroatoms. The van der Waals surface area contributed by atoms with Crippen LogP contribution in [-0.4, -0.2) is 13.3 Å². The second-order valence-electron chi connectivity index (χ2n) is 6.40. The molecule has 0 heterocycles. The summed E-state index contributed by atoms with van der Waals surface area (Å²) in [6.45, 7) is 4.65. The number of hydrogen-bond acceptors (Lipinski definition) is 3. The predicted molar refractivity (Wildman–Crippen MR) is 120 cm³/mol. The van der Waals surface area contributed by atoms with E-state index < -0.39 is 0 Å². The van der Waals surface area contributed by atoms with Gasteiger partial charge >= 0.3 is 0 Å². The van der Waals surface area contributed by atoms with Gasteiger partial charge in [0.25, 0.3) is 0 Å². The van der Waals surface area contributed by atoms with E-state index in [0.717, 1.165) is 26.1 Å². The molecule has 0 bridgehead atoms. The fourth-order valence-corrected chi connectivity index (χ4v) is 3.36. The van der Waals surface area contributed by atoms with Crippen molar-refractivity contribution in [2.24, 2.45) is 4.99 Å². The molecular formula is C23H22INO2. The van der Waals surface area contributed by atoms with E-state index >= 15 is 0 Å². The maximum absolute atomic E-state index is 6.04. The first kappa shape index (κ1) is 19.4. The molecule has 138 valence electrons. The minimum Gasteiger partial charge on any atom is -0.493 e. The zero-order chi connectivity index (χ0) is 19.2. The molecule has 0 aromatic heterocycles. The van der Waals surface area contributed by atoms with E-state index in [-0.39, 0.29) is 0 Å². The topological polar surface area (TPSA) is 30.8 Å². The van der Waals surface area contributed by atoms with Crippen LogP contribution in [0.15, 0.2) is 65.7 Å². The van der Waals surface area contributed by atoms with E-state index in [1.54, 1.807) is 7.11 Å². The Bertz CT molecular complexity index is 932. The van der Waals surface area contributed by atoms with Crippen molar-refractivity contribution < 1.29 is 9.47 Å².